The number of anilines is 1. The number of nitrogens with one attached hydrogen (secondary N) is 2. The Bertz CT molecular complexity index is 958. The minimum Gasteiger partial charge on any atom is -0.471 e. The molecular weight excluding hydrogens is 406 g/mol. The van der Waals surface area contributed by atoms with Crippen molar-refractivity contribution < 1.29 is 23.1 Å². The summed E-state index contributed by atoms with van der Waals surface area (Å²) in [6.45, 7) is 8.78. The van der Waals surface area contributed by atoms with Crippen LogP contribution in [0.2, 0.25) is 0 Å². The first-order chi connectivity index (χ1) is 14.4. The molecule has 31 heavy (non-hydrogen) atoms. The number of rotatable bonds is 8. The van der Waals surface area contributed by atoms with E-state index in [4.69, 9.17) is 4.74 Å². The fourth-order valence-electron chi connectivity index (χ4n) is 2.68. The summed E-state index contributed by atoms with van der Waals surface area (Å²) in [5.74, 6) is -3.21. The third kappa shape index (κ3) is 7.27. The van der Waals surface area contributed by atoms with Crippen molar-refractivity contribution in [3.8, 4) is 5.88 Å². The van der Waals surface area contributed by atoms with E-state index in [2.05, 4.69) is 20.6 Å². The highest BCUT2D eigenvalue weighted by Crippen LogP contribution is 2.21. The van der Waals surface area contributed by atoms with Gasteiger partial charge in [-0.2, -0.15) is 0 Å². The van der Waals surface area contributed by atoms with Gasteiger partial charge in [0.2, 0.25) is 11.8 Å². The first-order valence-electron chi connectivity index (χ1n) is 9.93. The molecule has 1 unspecified atom stereocenters. The van der Waals surface area contributed by atoms with Crippen LogP contribution in [0.3, 0.4) is 0 Å². The van der Waals surface area contributed by atoms with Crippen LogP contribution in [0.1, 0.15) is 60.9 Å². The first-order valence-corrected chi connectivity index (χ1v) is 9.93. The van der Waals surface area contributed by atoms with E-state index in [0.29, 0.717) is 17.1 Å². The van der Waals surface area contributed by atoms with E-state index < -0.39 is 12.5 Å². The van der Waals surface area contributed by atoms with Crippen LogP contribution in [0.25, 0.3) is 0 Å². The van der Waals surface area contributed by atoms with E-state index in [1.54, 1.807) is 33.8 Å². The molecule has 9 heteroatoms. The lowest BCUT2D eigenvalue weighted by Crippen LogP contribution is -2.27. The molecule has 0 saturated heterocycles. The van der Waals surface area contributed by atoms with Crippen molar-refractivity contribution in [1.29, 1.82) is 0 Å². The Morgan fingerprint density at radius 1 is 1.16 bits per heavy atom. The van der Waals surface area contributed by atoms with Crippen LogP contribution < -0.4 is 15.4 Å². The minimum absolute atomic E-state index is 0.0569. The number of carbonyl (C=O) groups is 2. The number of hydrogen-bond donors (Lipinski definition) is 2. The van der Waals surface area contributed by atoms with E-state index in [0.717, 1.165) is 12.5 Å². The van der Waals surface area contributed by atoms with E-state index in [1.807, 2.05) is 13.0 Å². The average Bonchev–Trinajstić information content (AvgIpc) is 2.65. The second-order valence-corrected chi connectivity index (χ2v) is 7.97. The van der Waals surface area contributed by atoms with Gasteiger partial charge in [-0.25, -0.2) is 18.7 Å². The molecule has 2 aromatic heterocycles. The van der Waals surface area contributed by atoms with Gasteiger partial charge in [-0.15, -0.1) is 0 Å². The van der Waals surface area contributed by atoms with Gasteiger partial charge in [0.25, 0.3) is 11.8 Å². The molecule has 2 heterocycles. The summed E-state index contributed by atoms with van der Waals surface area (Å²) in [5.41, 5.74) is 2.22. The number of hydrogen-bond acceptors (Lipinski definition) is 5. The lowest BCUT2D eigenvalue weighted by atomic mass is 10.1. The van der Waals surface area contributed by atoms with Crippen LogP contribution in [0.15, 0.2) is 24.4 Å². The maximum atomic E-state index is 13.0. The number of pyridine rings is 2. The molecule has 0 aliphatic rings. The van der Waals surface area contributed by atoms with Crippen molar-refractivity contribution in [3.05, 3.63) is 46.8 Å². The molecule has 2 amide bonds. The molecule has 7 nitrogen and oxygen atoms in total. The number of carbonyl (C=O) groups excluding carboxylic acids is 2. The fraction of sp³-hybridized carbons (Fsp3) is 0.455. The van der Waals surface area contributed by atoms with Crippen molar-refractivity contribution in [2.45, 2.75) is 53.5 Å². The quantitative estimate of drug-likeness (QED) is 0.649. The molecule has 0 spiro atoms. The number of aryl methyl sites for hydroxylation is 2. The smallest absolute Gasteiger partial charge is 0.278 e. The zero-order valence-corrected chi connectivity index (χ0v) is 18.5. The van der Waals surface area contributed by atoms with E-state index >= 15 is 0 Å². The summed E-state index contributed by atoms with van der Waals surface area (Å²) in [6, 6.07) is 4.69. The van der Waals surface area contributed by atoms with Crippen LogP contribution in [-0.2, 0) is 4.79 Å². The Kier molecular flexibility index (Phi) is 7.65. The van der Waals surface area contributed by atoms with Gasteiger partial charge in [0.05, 0.1) is 11.6 Å². The molecule has 2 rings (SSSR count). The highest BCUT2D eigenvalue weighted by atomic mass is 19.3. The van der Waals surface area contributed by atoms with Gasteiger partial charge in [-0.05, 0) is 44.5 Å². The predicted octanol–water partition coefficient (Wildman–Crippen LogP) is 4.21. The molecule has 0 aliphatic carbocycles. The van der Waals surface area contributed by atoms with Crippen LogP contribution in [-0.4, -0.2) is 34.3 Å². The maximum Gasteiger partial charge on any atom is 0.278 e. The summed E-state index contributed by atoms with van der Waals surface area (Å²) >= 11 is 0. The third-order valence-electron chi connectivity index (χ3n) is 4.35. The molecule has 0 aliphatic heterocycles. The van der Waals surface area contributed by atoms with Gasteiger partial charge in [0.15, 0.2) is 6.61 Å². The minimum atomic E-state index is -2.98. The number of ether oxygens (including phenoxy) is 1. The lowest BCUT2D eigenvalue weighted by Gasteiger charge is -2.17. The van der Waals surface area contributed by atoms with E-state index in [1.165, 1.54) is 12.3 Å². The zero-order chi connectivity index (χ0) is 23.3. The molecule has 168 valence electrons. The first kappa shape index (κ1) is 24.2. The van der Waals surface area contributed by atoms with Gasteiger partial charge in [0.1, 0.15) is 5.82 Å². The summed E-state index contributed by atoms with van der Waals surface area (Å²) in [7, 11) is 0. The molecule has 2 aromatic rings. The molecule has 1 atom stereocenters. The number of aromatic nitrogens is 2. The summed E-state index contributed by atoms with van der Waals surface area (Å²) in [5, 5.41) is 5.62. The van der Waals surface area contributed by atoms with Crippen molar-refractivity contribution in [2.24, 2.45) is 5.92 Å². The van der Waals surface area contributed by atoms with E-state index in [-0.39, 0.29) is 35.2 Å². The van der Waals surface area contributed by atoms with Gasteiger partial charge >= 0.3 is 0 Å². The van der Waals surface area contributed by atoms with Crippen molar-refractivity contribution in [3.63, 3.8) is 0 Å². The van der Waals surface area contributed by atoms with Crippen molar-refractivity contribution >= 4 is 17.6 Å². The topological polar surface area (TPSA) is 93.2 Å². The lowest BCUT2D eigenvalue weighted by molar-refractivity contribution is -0.118. The van der Waals surface area contributed by atoms with Crippen molar-refractivity contribution in [2.75, 3.05) is 11.9 Å². The Morgan fingerprint density at radius 2 is 1.84 bits per heavy atom. The van der Waals surface area contributed by atoms with Gasteiger partial charge in [-0.3, -0.25) is 9.59 Å². The predicted molar refractivity (Wildman–Crippen MR) is 113 cm³/mol. The Labute approximate surface area is 180 Å². The van der Waals surface area contributed by atoms with E-state index in [9.17, 15) is 18.4 Å². The molecule has 0 aromatic carbocycles. The largest absolute Gasteiger partial charge is 0.471 e. The molecular formula is C22H28F2N4O3. The second-order valence-electron chi connectivity index (χ2n) is 7.97. The third-order valence-corrected chi connectivity index (χ3v) is 4.35. The van der Waals surface area contributed by atoms with Crippen molar-refractivity contribution in [1.82, 2.24) is 15.3 Å². The average molecular weight is 434 g/mol. The van der Waals surface area contributed by atoms with Gasteiger partial charge in [-0.1, -0.05) is 13.8 Å². The van der Waals surface area contributed by atoms with Crippen LogP contribution in [0.4, 0.5) is 14.6 Å². The normalized spacial score (nSPS) is 12.4. The highest BCUT2D eigenvalue weighted by molar-refractivity contribution is 5.94. The Morgan fingerprint density at radius 3 is 2.42 bits per heavy atom. The SMILES string of the molecule is Cc1cc(C(C)NC(=O)c2cnc(OCC(C)(F)F)c(C)c2)cc(NC(=O)C(C)C)n1. The number of amides is 2. The standard InChI is InChI=1S/C22H28F2N4O3/c1-12(2)19(29)28-18-9-16(8-14(4)26-18)15(5)27-20(30)17-7-13(3)21(25-10-17)31-11-22(6,23)24/h7-10,12,15H,11H2,1-6H3,(H,27,30)(H,26,28,29). The van der Waals surface area contributed by atoms with Gasteiger partial charge < -0.3 is 15.4 Å². The summed E-state index contributed by atoms with van der Waals surface area (Å²) in [4.78, 5) is 32.9. The summed E-state index contributed by atoms with van der Waals surface area (Å²) < 4.78 is 31.0. The highest BCUT2D eigenvalue weighted by Gasteiger charge is 2.23. The van der Waals surface area contributed by atoms with Crippen LogP contribution in [0.5, 0.6) is 5.88 Å². The molecule has 0 radical (unpaired) electrons. The monoisotopic (exact) mass is 434 g/mol. The fourth-order valence-corrected chi connectivity index (χ4v) is 2.68. The zero-order valence-electron chi connectivity index (χ0n) is 18.5. The Hall–Kier alpha value is -3.10. The molecule has 0 fully saturated rings. The maximum absolute atomic E-state index is 13.0. The summed E-state index contributed by atoms with van der Waals surface area (Å²) in [6.07, 6.45) is 1.28. The number of nitrogens with zero attached hydrogens (tertiary/aromatic N) is 2. The molecule has 2 N–H and O–H groups in total. The number of alkyl halides is 2. The second kappa shape index (κ2) is 9.80. The molecule has 0 bridgehead atoms. The van der Waals surface area contributed by atoms with Crippen LogP contribution >= 0.6 is 0 Å². The molecule has 0 saturated carbocycles. The number of halogens is 2. The van der Waals surface area contributed by atoms with Crippen LogP contribution in [0, 0.1) is 19.8 Å². The van der Waals surface area contributed by atoms with Gasteiger partial charge in [0, 0.05) is 30.3 Å². The Balaban J connectivity index is 2.11.